The zero-order valence-corrected chi connectivity index (χ0v) is 8.29. The van der Waals surface area contributed by atoms with Gasteiger partial charge in [-0.3, -0.25) is 0 Å². The summed E-state index contributed by atoms with van der Waals surface area (Å²) in [5.74, 6) is 0. The summed E-state index contributed by atoms with van der Waals surface area (Å²) in [6.45, 7) is 0. The molecule has 0 fully saturated rings. The van der Waals surface area contributed by atoms with Crippen LogP contribution in [-0.4, -0.2) is 17.4 Å². The molecule has 1 nitrogen and oxygen atoms in total. The van der Waals surface area contributed by atoms with Crippen LogP contribution in [0, 0.1) is 33.8 Å². The Morgan fingerprint density at radius 1 is 1.25 bits per heavy atom. The van der Waals surface area contributed by atoms with E-state index < -0.39 is 0 Å². The second kappa shape index (κ2) is 19.2. The van der Waals surface area contributed by atoms with Crippen LogP contribution in [-0.2, 0) is 21.2 Å². The first kappa shape index (κ1) is 16.4. The van der Waals surface area contributed by atoms with E-state index in [2.05, 4.69) is 0 Å². The third kappa shape index (κ3) is 8.91. The quantitative estimate of drug-likeness (QED) is 0.488. The summed E-state index contributed by atoms with van der Waals surface area (Å²) in [7, 11) is 0. The molecule has 0 amide bonds. The smallest absolute Gasteiger partial charge is 0 e. The zero-order chi connectivity index (χ0) is 2.00. The molecule has 0 aliphatic carbocycles. The van der Waals surface area contributed by atoms with E-state index in [1.807, 2.05) is 0 Å². The van der Waals surface area contributed by atoms with E-state index in [9.17, 15) is 0 Å². The zero-order valence-electron chi connectivity index (χ0n) is 1.69. The summed E-state index contributed by atoms with van der Waals surface area (Å²) in [5, 5.41) is 0. The predicted octanol–water partition coefficient (Wildman–Crippen LogP) is -1.31. The first-order valence-electron chi connectivity index (χ1n) is 0.236. The molecule has 17 valence electrons. The van der Waals surface area contributed by atoms with Crippen LogP contribution in [0.25, 0.3) is 0 Å². The fourth-order valence-electron chi connectivity index (χ4n) is 0. The van der Waals surface area contributed by atoms with Gasteiger partial charge in [-0.15, -0.1) is 0 Å². The molecule has 0 aromatic rings. The second-order valence-corrected chi connectivity index (χ2v) is 0. The molecule has 4 heavy (non-hydrogen) atoms. The minimum absolute atomic E-state index is 0. The van der Waals surface area contributed by atoms with Crippen LogP contribution in [0.5, 0.6) is 0 Å². The minimum Gasteiger partial charge on any atom is 0 e. The third-order valence-electron chi connectivity index (χ3n) is 0. The molecule has 0 aliphatic heterocycles. The van der Waals surface area contributed by atoms with Crippen molar-refractivity contribution in [3.63, 3.8) is 0 Å². The van der Waals surface area contributed by atoms with Crippen LogP contribution in [0.4, 0.5) is 0 Å². The second-order valence-electron chi connectivity index (χ2n) is 0. The van der Waals surface area contributed by atoms with Crippen LogP contribution >= 0.6 is 0 Å². The molecule has 0 heterocycles. The Labute approximate surface area is 71.1 Å². The average Bonchev–Trinajstić information content (AvgIpc) is 1.00. The van der Waals surface area contributed by atoms with Gasteiger partial charge in [-0.25, -0.2) is 0 Å². The van der Waals surface area contributed by atoms with Gasteiger partial charge in [0.1, 0.15) is 0 Å². The van der Waals surface area contributed by atoms with Crippen molar-refractivity contribution < 1.29 is 55.0 Å². The molecular formula is H3AlLaOZn. The van der Waals surface area contributed by atoms with Gasteiger partial charge in [-0.2, -0.15) is 0 Å². The van der Waals surface area contributed by atoms with Crippen molar-refractivity contribution in [2.24, 2.45) is 0 Å². The molecule has 0 rings (SSSR count). The van der Waals surface area contributed by atoms with Crippen molar-refractivity contribution in [3.8, 4) is 0 Å². The van der Waals surface area contributed by atoms with E-state index in [1.165, 1.54) is 0 Å². The minimum atomic E-state index is -0.0833. The molecule has 0 saturated heterocycles. The monoisotopic (exact) mass is 249 g/mol. The Balaban J connectivity index is -0.00000000500. The molecule has 0 aromatic carbocycles. The molecule has 0 aliphatic rings. The Morgan fingerprint density at radius 3 is 1.25 bits per heavy atom. The van der Waals surface area contributed by atoms with Gasteiger partial charge in [0.15, 0.2) is 17.4 Å². The number of hydrogen-bond acceptors (Lipinski definition) is 1. The predicted molar refractivity (Wildman–Crippen MR) is 10.6 cm³/mol. The van der Waals surface area contributed by atoms with E-state index in [0.717, 1.165) is 0 Å². The molecule has 0 spiro atoms. The maximum Gasteiger partial charge on any atom is 0 e. The fourth-order valence-corrected chi connectivity index (χ4v) is 0. The van der Waals surface area contributed by atoms with E-state index >= 15 is 0 Å². The maximum atomic E-state index is 8.42. The average molecular weight is 250 g/mol. The Bertz CT molecular complexity index is 8.00. The largest absolute Gasteiger partial charge is 0 e. The van der Waals surface area contributed by atoms with Gasteiger partial charge in [0, 0.05) is 19.5 Å². The van der Waals surface area contributed by atoms with E-state index in [1.54, 1.807) is 0 Å². The van der Waals surface area contributed by atoms with E-state index in [4.69, 9.17) is 1.70 Å². The van der Waals surface area contributed by atoms with Gasteiger partial charge in [0.25, 0.3) is 0 Å². The van der Waals surface area contributed by atoms with Gasteiger partial charge in [0.05, 0.1) is 0 Å². The Morgan fingerprint density at radius 2 is 1.25 bits per heavy atom. The van der Waals surface area contributed by atoms with Crippen molar-refractivity contribution in [2.45, 2.75) is 0 Å². The molecule has 0 aromatic heterocycles. The molecule has 4 heteroatoms. The number of rotatable bonds is 0. The fraction of sp³-hybridized carbons (Fsp3) is 0. The van der Waals surface area contributed by atoms with Crippen LogP contribution < -0.4 is 0 Å². The molecule has 0 atom stereocenters. The Kier molecular flexibility index (Phi) is 78.8. The van der Waals surface area contributed by atoms with Crippen molar-refractivity contribution in [1.29, 1.82) is 0 Å². The van der Waals surface area contributed by atoms with Crippen molar-refractivity contribution in [3.05, 3.63) is 0 Å². The molecular weight excluding hydrogens is 247 g/mol. The van der Waals surface area contributed by atoms with Crippen LogP contribution in [0.2, 0.25) is 0 Å². The van der Waals surface area contributed by atoms with Crippen molar-refractivity contribution in [1.82, 2.24) is 0 Å². The first-order chi connectivity index (χ1) is 1.00. The summed E-state index contributed by atoms with van der Waals surface area (Å²) in [6.07, 6.45) is 0. The summed E-state index contributed by atoms with van der Waals surface area (Å²) in [4.78, 5) is 0. The number of hydrogen-bond donors (Lipinski definition) is 0. The van der Waals surface area contributed by atoms with Crippen LogP contribution in [0.1, 0.15) is 0 Å². The van der Waals surface area contributed by atoms with Gasteiger partial charge in [-0.1, -0.05) is 0 Å². The van der Waals surface area contributed by atoms with Gasteiger partial charge in [-0.05, 0) is 0 Å². The summed E-state index contributed by atoms with van der Waals surface area (Å²) < 4.78 is 8.42. The van der Waals surface area contributed by atoms with Gasteiger partial charge in [0.2, 0.25) is 0 Å². The van der Waals surface area contributed by atoms with Crippen molar-refractivity contribution in [2.75, 3.05) is 0 Å². The molecule has 0 radical (unpaired) electrons. The normalized spacial score (nSPS) is 1.50. The molecule has 0 unspecified atom stereocenters. The van der Waals surface area contributed by atoms with Gasteiger partial charge >= 0.3 is 35.5 Å². The molecule has 0 N–H and O–H groups in total. The standard InChI is InChI=1S/Al.La.O.Zn.3H. The topological polar surface area (TPSA) is 17.1 Å². The Hall–Kier alpha value is 2.15. The van der Waals surface area contributed by atoms with Crippen LogP contribution in [0.3, 0.4) is 0 Å². The molecule has 0 saturated carbocycles. The maximum absolute atomic E-state index is 8.42. The first-order valence-corrected chi connectivity index (χ1v) is 1.72. The summed E-state index contributed by atoms with van der Waals surface area (Å²) >= 11 is -0.0833. The summed E-state index contributed by atoms with van der Waals surface area (Å²) in [5.41, 5.74) is 0. The van der Waals surface area contributed by atoms with Crippen molar-refractivity contribution >= 4 is 17.4 Å². The van der Waals surface area contributed by atoms with E-state index in [0.29, 0.717) is 0 Å². The third-order valence-corrected chi connectivity index (χ3v) is 0. The SMILES string of the molecule is [AlH3].[O]=[La].[Zn]. The van der Waals surface area contributed by atoms with Gasteiger partial charge < -0.3 is 0 Å². The van der Waals surface area contributed by atoms with Crippen LogP contribution in [0.15, 0.2) is 0 Å². The molecule has 0 bridgehead atoms. The van der Waals surface area contributed by atoms with E-state index in [-0.39, 0.29) is 70.6 Å². The summed E-state index contributed by atoms with van der Waals surface area (Å²) in [6, 6.07) is 0.